The molecule has 0 N–H and O–H groups in total. The zero-order valence-corrected chi connectivity index (χ0v) is 13.6. The van der Waals surface area contributed by atoms with Crippen LogP contribution < -0.4 is 0 Å². The molecule has 0 saturated carbocycles. The first-order chi connectivity index (χ1) is 11.9. The molecular formula is C18H21N5O. The lowest BCUT2D eigenvalue weighted by Gasteiger charge is -2.31. The van der Waals surface area contributed by atoms with Crippen molar-refractivity contribution in [3.8, 4) is 11.3 Å². The van der Waals surface area contributed by atoms with Gasteiger partial charge in [0.05, 0.1) is 19.0 Å². The topological polar surface area (TPSA) is 60.0 Å². The largest absolute Gasteiger partial charge is 0.468 e. The van der Waals surface area contributed by atoms with Crippen molar-refractivity contribution in [1.82, 2.24) is 24.9 Å². The second-order valence-corrected chi connectivity index (χ2v) is 6.37. The van der Waals surface area contributed by atoms with Gasteiger partial charge >= 0.3 is 0 Å². The highest BCUT2D eigenvalue weighted by atomic mass is 16.3. The number of hydrogen-bond acceptors (Lipinski definition) is 5. The van der Waals surface area contributed by atoms with E-state index in [1.54, 1.807) is 12.5 Å². The first-order valence-electron chi connectivity index (χ1n) is 8.42. The lowest BCUT2D eigenvalue weighted by atomic mass is 9.97. The van der Waals surface area contributed by atoms with Gasteiger partial charge in [-0.15, -0.1) is 5.10 Å². The third-order valence-electron chi connectivity index (χ3n) is 4.61. The number of hydrogen-bond donors (Lipinski definition) is 0. The first-order valence-corrected chi connectivity index (χ1v) is 8.42. The zero-order valence-electron chi connectivity index (χ0n) is 13.6. The highest BCUT2D eigenvalue weighted by molar-refractivity contribution is 5.55. The number of rotatable bonds is 5. The van der Waals surface area contributed by atoms with Gasteiger partial charge in [-0.3, -0.25) is 14.6 Å². The van der Waals surface area contributed by atoms with Crippen molar-refractivity contribution < 1.29 is 4.42 Å². The minimum Gasteiger partial charge on any atom is -0.468 e. The summed E-state index contributed by atoms with van der Waals surface area (Å²) in [6.45, 7) is 4.06. The third-order valence-corrected chi connectivity index (χ3v) is 4.61. The predicted octanol–water partition coefficient (Wildman–Crippen LogP) is 2.85. The summed E-state index contributed by atoms with van der Waals surface area (Å²) in [5.41, 5.74) is 1.90. The van der Waals surface area contributed by atoms with E-state index < -0.39 is 0 Å². The van der Waals surface area contributed by atoms with Gasteiger partial charge in [0.1, 0.15) is 11.5 Å². The highest BCUT2D eigenvalue weighted by Crippen LogP contribution is 2.21. The molecule has 0 atom stereocenters. The Balaban J connectivity index is 1.30. The van der Waals surface area contributed by atoms with Crippen LogP contribution in [0.1, 0.15) is 18.6 Å². The van der Waals surface area contributed by atoms with Crippen molar-refractivity contribution in [3.63, 3.8) is 0 Å². The molecule has 0 aromatic carbocycles. The first kappa shape index (κ1) is 15.1. The van der Waals surface area contributed by atoms with Crippen molar-refractivity contribution in [3.05, 3.63) is 54.9 Å². The van der Waals surface area contributed by atoms with E-state index in [-0.39, 0.29) is 0 Å². The molecule has 4 rings (SSSR count). The molecule has 124 valence electrons. The molecule has 6 heteroatoms. The van der Waals surface area contributed by atoms with Crippen LogP contribution >= 0.6 is 0 Å². The van der Waals surface area contributed by atoms with Crippen LogP contribution in [0.5, 0.6) is 0 Å². The molecule has 4 heterocycles. The molecular weight excluding hydrogens is 302 g/mol. The summed E-state index contributed by atoms with van der Waals surface area (Å²) in [5.74, 6) is 1.70. The predicted molar refractivity (Wildman–Crippen MR) is 90.0 cm³/mol. The van der Waals surface area contributed by atoms with Gasteiger partial charge in [0.2, 0.25) is 0 Å². The van der Waals surface area contributed by atoms with Crippen molar-refractivity contribution in [2.75, 3.05) is 13.1 Å². The van der Waals surface area contributed by atoms with Gasteiger partial charge in [-0.1, -0.05) is 5.21 Å². The fraction of sp³-hybridized carbons (Fsp3) is 0.389. The molecule has 0 unspecified atom stereocenters. The smallest absolute Gasteiger partial charge is 0.117 e. The fourth-order valence-corrected chi connectivity index (χ4v) is 3.25. The molecule has 24 heavy (non-hydrogen) atoms. The van der Waals surface area contributed by atoms with Crippen LogP contribution in [0.3, 0.4) is 0 Å². The van der Waals surface area contributed by atoms with E-state index in [1.807, 2.05) is 41.3 Å². The van der Waals surface area contributed by atoms with Crippen LogP contribution in [-0.2, 0) is 13.1 Å². The number of furan rings is 1. The zero-order chi connectivity index (χ0) is 16.2. The number of aromatic nitrogens is 4. The minimum absolute atomic E-state index is 0.654. The summed E-state index contributed by atoms with van der Waals surface area (Å²) in [6, 6.07) is 7.92. The average molecular weight is 323 g/mol. The van der Waals surface area contributed by atoms with Crippen LogP contribution in [0.15, 0.2) is 53.5 Å². The summed E-state index contributed by atoms with van der Waals surface area (Å²) < 4.78 is 7.40. The van der Waals surface area contributed by atoms with E-state index in [0.717, 1.165) is 43.2 Å². The Hall–Kier alpha value is -2.47. The van der Waals surface area contributed by atoms with Crippen molar-refractivity contribution in [2.24, 2.45) is 5.92 Å². The summed E-state index contributed by atoms with van der Waals surface area (Å²) in [5, 5.41) is 8.54. The highest BCUT2D eigenvalue weighted by Gasteiger charge is 2.20. The van der Waals surface area contributed by atoms with Gasteiger partial charge in [-0.25, -0.2) is 0 Å². The van der Waals surface area contributed by atoms with E-state index in [9.17, 15) is 0 Å². The average Bonchev–Trinajstić information content (AvgIpc) is 3.29. The number of pyridine rings is 1. The maximum Gasteiger partial charge on any atom is 0.117 e. The molecule has 0 aliphatic carbocycles. The summed E-state index contributed by atoms with van der Waals surface area (Å²) in [6.07, 6.45) is 9.72. The fourth-order valence-electron chi connectivity index (χ4n) is 3.25. The Morgan fingerprint density at radius 2 is 2.08 bits per heavy atom. The molecule has 1 fully saturated rings. The van der Waals surface area contributed by atoms with E-state index in [2.05, 4.69) is 20.2 Å². The van der Waals surface area contributed by atoms with E-state index in [0.29, 0.717) is 5.92 Å². The Labute approximate surface area is 141 Å². The van der Waals surface area contributed by atoms with Gasteiger partial charge in [-0.2, -0.15) is 0 Å². The van der Waals surface area contributed by atoms with Crippen molar-refractivity contribution in [2.45, 2.75) is 25.9 Å². The van der Waals surface area contributed by atoms with E-state index in [1.165, 1.54) is 12.8 Å². The molecule has 1 aliphatic heterocycles. The number of nitrogens with zero attached hydrogens (tertiary/aromatic N) is 5. The molecule has 0 radical (unpaired) electrons. The Morgan fingerprint density at radius 3 is 2.83 bits per heavy atom. The molecule has 3 aromatic heterocycles. The van der Waals surface area contributed by atoms with E-state index >= 15 is 0 Å². The lowest BCUT2D eigenvalue weighted by Crippen LogP contribution is -2.34. The molecule has 3 aromatic rings. The Bertz CT molecular complexity index is 745. The molecule has 0 bridgehead atoms. The van der Waals surface area contributed by atoms with E-state index in [4.69, 9.17) is 4.42 Å². The second kappa shape index (κ2) is 6.97. The second-order valence-electron chi connectivity index (χ2n) is 6.37. The minimum atomic E-state index is 0.654. The van der Waals surface area contributed by atoms with Crippen LogP contribution in [-0.4, -0.2) is 38.0 Å². The maximum absolute atomic E-state index is 5.43. The van der Waals surface area contributed by atoms with Gasteiger partial charge in [0, 0.05) is 24.5 Å². The Kier molecular flexibility index (Phi) is 4.38. The summed E-state index contributed by atoms with van der Waals surface area (Å²) in [7, 11) is 0. The number of likely N-dealkylation sites (tertiary alicyclic amines) is 1. The van der Waals surface area contributed by atoms with Crippen LogP contribution in [0.25, 0.3) is 11.3 Å². The van der Waals surface area contributed by atoms with Crippen LogP contribution in [0.2, 0.25) is 0 Å². The molecule has 1 aliphatic rings. The molecule has 0 spiro atoms. The molecule has 0 amide bonds. The SMILES string of the molecule is c1cncc(-c2cn(CC3CCN(Cc4ccco4)CC3)nn2)c1. The van der Waals surface area contributed by atoms with Crippen LogP contribution in [0, 0.1) is 5.92 Å². The Morgan fingerprint density at radius 1 is 1.17 bits per heavy atom. The quantitative estimate of drug-likeness (QED) is 0.722. The maximum atomic E-state index is 5.43. The van der Waals surface area contributed by atoms with Gasteiger partial charge in [0.15, 0.2) is 0 Å². The van der Waals surface area contributed by atoms with Gasteiger partial charge in [0.25, 0.3) is 0 Å². The molecule has 1 saturated heterocycles. The third kappa shape index (κ3) is 3.54. The molecule has 6 nitrogen and oxygen atoms in total. The number of piperidine rings is 1. The summed E-state index contributed by atoms with van der Waals surface area (Å²) in [4.78, 5) is 6.59. The monoisotopic (exact) mass is 323 g/mol. The van der Waals surface area contributed by atoms with Crippen molar-refractivity contribution >= 4 is 0 Å². The van der Waals surface area contributed by atoms with Crippen LogP contribution in [0.4, 0.5) is 0 Å². The van der Waals surface area contributed by atoms with Crippen molar-refractivity contribution in [1.29, 1.82) is 0 Å². The lowest BCUT2D eigenvalue weighted by molar-refractivity contribution is 0.155. The van der Waals surface area contributed by atoms with Gasteiger partial charge in [-0.05, 0) is 56.1 Å². The standard InChI is InChI=1S/C18H21N5O/c1-3-16(11-19-7-1)18-14-23(21-20-18)12-15-5-8-22(9-6-15)13-17-4-2-10-24-17/h1-4,7,10-11,14-15H,5-6,8-9,12-13H2. The van der Waals surface area contributed by atoms with Gasteiger partial charge < -0.3 is 4.42 Å². The summed E-state index contributed by atoms with van der Waals surface area (Å²) >= 11 is 0. The normalized spacial score (nSPS) is 16.5.